The van der Waals surface area contributed by atoms with Crippen LogP contribution in [0.2, 0.25) is 0 Å². The lowest BCUT2D eigenvalue weighted by atomic mass is 9.95. The Morgan fingerprint density at radius 2 is 1.17 bits per heavy atom. The third kappa shape index (κ3) is 9.72. The molecule has 0 radical (unpaired) electrons. The first-order valence-electron chi connectivity index (χ1n) is 14.8. The number of aliphatic hydroxyl groups is 1. The van der Waals surface area contributed by atoms with E-state index in [2.05, 4.69) is 78.6 Å². The van der Waals surface area contributed by atoms with Crippen LogP contribution in [-0.4, -0.2) is 60.5 Å². The number of carboxylic acid groups (broad SMARTS) is 1. The third-order valence-electron chi connectivity index (χ3n) is 7.01. The van der Waals surface area contributed by atoms with E-state index in [0.717, 1.165) is 0 Å². The van der Waals surface area contributed by atoms with Crippen LogP contribution in [0.5, 0.6) is 0 Å². The number of aliphatic hydroxyl groups excluding tert-OH is 1. The molecule has 1 unspecified atom stereocenters. The molecule has 9 heteroatoms. The van der Waals surface area contributed by atoms with Crippen LogP contribution in [-0.2, 0) is 23.8 Å². The van der Waals surface area contributed by atoms with Gasteiger partial charge in [-0.1, -0.05) is 86.0 Å². The minimum atomic E-state index is -1.24. The van der Waals surface area contributed by atoms with Gasteiger partial charge in [0.2, 0.25) is 0 Å². The molecule has 0 aromatic heterocycles. The molecule has 2 N–H and O–H groups in total. The second-order valence-corrected chi connectivity index (χ2v) is 10.7. The number of esters is 3. The predicted octanol–water partition coefficient (Wildman–Crippen LogP) is 7.12. The molecule has 9 nitrogen and oxygen atoms in total. The van der Waals surface area contributed by atoms with E-state index in [1.807, 2.05) is 0 Å². The lowest BCUT2D eigenvalue weighted by Gasteiger charge is -2.18. The molecule has 0 fully saturated rings. The Morgan fingerprint density at radius 1 is 0.702 bits per heavy atom. The third-order valence-corrected chi connectivity index (χ3v) is 7.01. The first kappa shape index (κ1) is 35.9. The van der Waals surface area contributed by atoms with E-state index in [1.165, 1.54) is 70.6 Å². The minimum absolute atomic E-state index is 0.0860. The predicted molar refractivity (Wildman–Crippen MR) is 182 cm³/mol. The van der Waals surface area contributed by atoms with Crippen LogP contribution in [0.15, 0.2) is 109 Å². The summed E-state index contributed by atoms with van der Waals surface area (Å²) in [5.41, 5.74) is 0.375. The van der Waals surface area contributed by atoms with Gasteiger partial charge in [0, 0.05) is 17.8 Å². The molecule has 5 rings (SSSR count). The van der Waals surface area contributed by atoms with Crippen LogP contribution < -0.4 is 0 Å². The summed E-state index contributed by atoms with van der Waals surface area (Å²) >= 11 is 0. The second kappa shape index (κ2) is 17.2. The van der Waals surface area contributed by atoms with Gasteiger partial charge in [0.1, 0.15) is 12.7 Å². The van der Waals surface area contributed by atoms with Gasteiger partial charge in [0.15, 0.2) is 0 Å². The molecule has 0 saturated heterocycles. The van der Waals surface area contributed by atoms with Crippen molar-refractivity contribution in [3.05, 3.63) is 120 Å². The van der Waals surface area contributed by atoms with Gasteiger partial charge in [-0.05, 0) is 71.1 Å². The molecular formula is C38H38O9. The molecule has 0 heterocycles. The number of hydrogen-bond donors (Lipinski definition) is 2. The van der Waals surface area contributed by atoms with Crippen LogP contribution in [0.1, 0.15) is 47.4 Å². The standard InChI is InChI=1S/C17H20O7.C16H10.C5H8O2/c1-11(2)16(21)24-12(6-5-9-18)10-23-17(22)14-8-4-3-7-13(14)15(19)20;1-3-11-7-9-13-5-2-6-14-10-8-12(4-1)15(11)16(13)14;1-4(2)5(6)7-3/h3-4,7-8,12,18H,1,5-6,9-10H2,2H3,(H,19,20);1-10H;1H2,2-3H3. The van der Waals surface area contributed by atoms with Crippen molar-refractivity contribution in [3.8, 4) is 0 Å². The lowest BCUT2D eigenvalue weighted by Crippen LogP contribution is -2.26. The van der Waals surface area contributed by atoms with Gasteiger partial charge < -0.3 is 24.4 Å². The van der Waals surface area contributed by atoms with Crippen LogP contribution in [0, 0.1) is 0 Å². The first-order chi connectivity index (χ1) is 22.5. The van der Waals surface area contributed by atoms with E-state index < -0.39 is 24.0 Å². The monoisotopic (exact) mass is 638 g/mol. The van der Waals surface area contributed by atoms with Crippen LogP contribution >= 0.6 is 0 Å². The molecule has 0 aliphatic rings. The van der Waals surface area contributed by atoms with Gasteiger partial charge in [0.25, 0.3) is 0 Å². The number of carbonyl (C=O) groups excluding carboxylic acids is 3. The Bertz CT molecular complexity index is 1760. The maximum atomic E-state index is 12.1. The van der Waals surface area contributed by atoms with Crippen molar-refractivity contribution in [2.24, 2.45) is 0 Å². The molecule has 0 aliphatic carbocycles. The Balaban J connectivity index is 0.000000221. The maximum absolute atomic E-state index is 12.1. The van der Waals surface area contributed by atoms with Crippen molar-refractivity contribution in [3.63, 3.8) is 0 Å². The summed E-state index contributed by atoms with van der Waals surface area (Å²) < 4.78 is 14.5. The Labute approximate surface area is 273 Å². The van der Waals surface area contributed by atoms with E-state index in [-0.39, 0.29) is 35.9 Å². The van der Waals surface area contributed by atoms with Gasteiger partial charge in [-0.2, -0.15) is 0 Å². The molecule has 0 bridgehead atoms. The van der Waals surface area contributed by atoms with E-state index in [9.17, 15) is 19.2 Å². The fourth-order valence-electron chi connectivity index (χ4n) is 4.69. The minimum Gasteiger partial charge on any atom is -0.478 e. The molecular weight excluding hydrogens is 600 g/mol. The number of hydrogen-bond acceptors (Lipinski definition) is 8. The summed E-state index contributed by atoms with van der Waals surface area (Å²) in [7, 11) is 1.33. The summed E-state index contributed by atoms with van der Waals surface area (Å²) in [5, 5.41) is 26.1. The maximum Gasteiger partial charge on any atom is 0.339 e. The highest BCUT2D eigenvalue weighted by Crippen LogP contribution is 2.33. The Morgan fingerprint density at radius 3 is 1.55 bits per heavy atom. The second-order valence-electron chi connectivity index (χ2n) is 10.7. The van der Waals surface area contributed by atoms with E-state index >= 15 is 0 Å². The van der Waals surface area contributed by atoms with E-state index in [1.54, 1.807) is 6.92 Å². The fraction of sp³-hybridized carbons (Fsp3) is 0.211. The highest BCUT2D eigenvalue weighted by atomic mass is 16.6. The van der Waals surface area contributed by atoms with Gasteiger partial charge >= 0.3 is 23.9 Å². The van der Waals surface area contributed by atoms with Crippen LogP contribution in [0.25, 0.3) is 32.3 Å². The van der Waals surface area contributed by atoms with Gasteiger partial charge in [-0.3, -0.25) is 0 Å². The van der Waals surface area contributed by atoms with Gasteiger partial charge in [-0.25, -0.2) is 19.2 Å². The zero-order valence-corrected chi connectivity index (χ0v) is 26.7. The first-order valence-corrected chi connectivity index (χ1v) is 14.8. The van der Waals surface area contributed by atoms with Crippen LogP contribution in [0.4, 0.5) is 0 Å². The van der Waals surface area contributed by atoms with Gasteiger partial charge in [0.05, 0.1) is 18.2 Å². The smallest absolute Gasteiger partial charge is 0.339 e. The number of rotatable bonds is 10. The van der Waals surface area contributed by atoms with Crippen molar-refractivity contribution in [2.45, 2.75) is 32.8 Å². The van der Waals surface area contributed by atoms with Crippen molar-refractivity contribution >= 4 is 56.2 Å². The highest BCUT2D eigenvalue weighted by molar-refractivity contribution is 6.22. The quantitative estimate of drug-likeness (QED) is 0.0709. The number of carbonyl (C=O) groups is 4. The zero-order chi connectivity index (χ0) is 34.5. The Kier molecular flexibility index (Phi) is 13.2. The normalized spacial score (nSPS) is 11.0. The summed E-state index contributed by atoms with van der Waals surface area (Å²) in [6.45, 7) is 9.56. The van der Waals surface area contributed by atoms with Crippen LogP contribution in [0.3, 0.4) is 0 Å². The van der Waals surface area contributed by atoms with Crippen molar-refractivity contribution in [1.29, 1.82) is 0 Å². The van der Waals surface area contributed by atoms with Gasteiger partial charge in [-0.15, -0.1) is 0 Å². The number of methoxy groups -OCH3 is 1. The molecule has 0 spiro atoms. The summed E-state index contributed by atoms with van der Waals surface area (Å²) in [6.07, 6.45) is -0.0943. The number of carboxylic acids is 1. The summed E-state index contributed by atoms with van der Waals surface area (Å²) in [5.74, 6) is -3.04. The zero-order valence-electron chi connectivity index (χ0n) is 26.7. The molecule has 0 saturated carbocycles. The summed E-state index contributed by atoms with van der Waals surface area (Å²) in [4.78, 5) is 44.9. The lowest BCUT2D eigenvalue weighted by molar-refractivity contribution is -0.147. The van der Waals surface area contributed by atoms with Crippen molar-refractivity contribution < 1.29 is 43.6 Å². The molecule has 47 heavy (non-hydrogen) atoms. The number of aromatic carboxylic acids is 1. The molecule has 1 atom stereocenters. The molecule has 0 amide bonds. The molecule has 0 aliphatic heterocycles. The Hall–Kier alpha value is -5.54. The molecule has 5 aromatic rings. The highest BCUT2D eigenvalue weighted by Gasteiger charge is 2.21. The average Bonchev–Trinajstić information content (AvgIpc) is 3.08. The van der Waals surface area contributed by atoms with Crippen molar-refractivity contribution in [2.75, 3.05) is 20.3 Å². The summed E-state index contributed by atoms with van der Waals surface area (Å²) in [6, 6.07) is 27.5. The molecule has 5 aromatic carbocycles. The topological polar surface area (TPSA) is 136 Å². The number of benzene rings is 5. The van der Waals surface area contributed by atoms with E-state index in [0.29, 0.717) is 18.4 Å². The average molecular weight is 639 g/mol. The van der Waals surface area contributed by atoms with Crippen molar-refractivity contribution in [1.82, 2.24) is 0 Å². The molecule has 244 valence electrons. The SMILES string of the molecule is C=C(C)C(=O)OC.C=C(C)C(=O)OC(CCCO)COC(=O)c1ccccc1C(=O)O.c1cc2ccc3cccc4ccc(c1)c2c34. The van der Waals surface area contributed by atoms with E-state index in [4.69, 9.17) is 19.7 Å². The number of ether oxygens (including phenoxy) is 3. The fourth-order valence-corrected chi connectivity index (χ4v) is 4.69. The largest absolute Gasteiger partial charge is 0.478 e.